The zero-order valence-corrected chi connectivity index (χ0v) is 15.1. The van der Waals surface area contributed by atoms with Crippen LogP contribution in [0.1, 0.15) is 46.6 Å². The Morgan fingerprint density at radius 3 is 2.39 bits per heavy atom. The van der Waals surface area contributed by atoms with E-state index < -0.39 is 0 Å². The minimum atomic E-state index is -0.280. The SMILES string of the molecule is Cl.Cl.NCc1ccc(C(=O)NC2(c3nccs3)CCCC2)cc1. The Labute approximate surface area is 152 Å². The van der Waals surface area contributed by atoms with Crippen LogP contribution < -0.4 is 11.1 Å². The van der Waals surface area contributed by atoms with Crippen LogP contribution in [0.3, 0.4) is 0 Å². The Morgan fingerprint density at radius 1 is 1.22 bits per heavy atom. The number of hydrogen-bond donors (Lipinski definition) is 2. The quantitative estimate of drug-likeness (QED) is 0.859. The molecule has 1 aliphatic rings. The fraction of sp³-hybridized carbons (Fsp3) is 0.375. The standard InChI is InChI=1S/C16H19N3OS.2ClH/c17-11-12-3-5-13(6-4-12)14(20)19-16(7-1-2-8-16)15-18-9-10-21-15;;/h3-6,9-10H,1-2,7-8,11,17H2,(H,19,20);2*1H. The number of hydrogen-bond acceptors (Lipinski definition) is 4. The number of carbonyl (C=O) groups is 1. The first kappa shape index (κ1) is 19.9. The predicted molar refractivity (Wildman–Crippen MR) is 98.6 cm³/mol. The van der Waals surface area contributed by atoms with E-state index in [9.17, 15) is 4.79 Å². The normalized spacial score (nSPS) is 15.3. The molecule has 126 valence electrons. The summed E-state index contributed by atoms with van der Waals surface area (Å²) in [6, 6.07) is 7.48. The van der Waals surface area contributed by atoms with Crippen molar-refractivity contribution in [3.8, 4) is 0 Å². The van der Waals surface area contributed by atoms with E-state index in [-0.39, 0.29) is 36.3 Å². The minimum absolute atomic E-state index is 0. The third-order valence-electron chi connectivity index (χ3n) is 4.10. The van der Waals surface area contributed by atoms with E-state index in [2.05, 4.69) is 10.3 Å². The molecule has 0 saturated heterocycles. The van der Waals surface area contributed by atoms with Gasteiger partial charge in [0.1, 0.15) is 5.01 Å². The molecule has 0 aliphatic heterocycles. The van der Waals surface area contributed by atoms with Crippen molar-refractivity contribution in [3.63, 3.8) is 0 Å². The van der Waals surface area contributed by atoms with Crippen LogP contribution in [0.4, 0.5) is 0 Å². The first-order chi connectivity index (χ1) is 10.2. The van der Waals surface area contributed by atoms with Gasteiger partial charge < -0.3 is 11.1 Å². The molecule has 1 aliphatic carbocycles. The van der Waals surface area contributed by atoms with Gasteiger partial charge in [0.15, 0.2) is 0 Å². The maximum absolute atomic E-state index is 12.5. The fourth-order valence-corrected chi connectivity index (χ4v) is 3.77. The third kappa shape index (κ3) is 4.23. The Balaban J connectivity index is 0.00000132. The van der Waals surface area contributed by atoms with Gasteiger partial charge in [0.05, 0.1) is 5.54 Å². The molecule has 1 aromatic carbocycles. The van der Waals surface area contributed by atoms with Crippen LogP contribution in [0.2, 0.25) is 0 Å². The van der Waals surface area contributed by atoms with Gasteiger partial charge in [0.25, 0.3) is 5.91 Å². The Bertz CT molecular complexity index is 611. The molecule has 1 amide bonds. The van der Waals surface area contributed by atoms with E-state index in [1.807, 2.05) is 35.8 Å². The van der Waals surface area contributed by atoms with Gasteiger partial charge in [-0.15, -0.1) is 36.2 Å². The summed E-state index contributed by atoms with van der Waals surface area (Å²) in [5.74, 6) is -0.0318. The molecule has 0 atom stereocenters. The van der Waals surface area contributed by atoms with Crippen LogP contribution in [0.15, 0.2) is 35.8 Å². The second-order valence-corrected chi connectivity index (χ2v) is 6.38. The summed E-state index contributed by atoms with van der Waals surface area (Å²) in [6.45, 7) is 0.491. The number of carbonyl (C=O) groups excluding carboxylic acids is 1. The molecule has 3 rings (SSSR count). The van der Waals surface area contributed by atoms with Crippen LogP contribution >= 0.6 is 36.2 Å². The van der Waals surface area contributed by atoms with E-state index in [4.69, 9.17) is 5.73 Å². The molecular weight excluding hydrogens is 353 g/mol. The van der Waals surface area contributed by atoms with Gasteiger partial charge in [-0.1, -0.05) is 25.0 Å². The van der Waals surface area contributed by atoms with Crippen molar-refractivity contribution >= 4 is 42.1 Å². The van der Waals surface area contributed by atoms with Gasteiger partial charge in [0, 0.05) is 23.7 Å². The number of nitrogens with zero attached hydrogens (tertiary/aromatic N) is 1. The third-order valence-corrected chi connectivity index (χ3v) is 5.08. The van der Waals surface area contributed by atoms with Crippen molar-refractivity contribution in [2.24, 2.45) is 5.73 Å². The Hall–Kier alpha value is -1.14. The molecule has 4 nitrogen and oxygen atoms in total. The van der Waals surface area contributed by atoms with Crippen molar-refractivity contribution < 1.29 is 4.79 Å². The van der Waals surface area contributed by atoms with Crippen molar-refractivity contribution in [1.29, 1.82) is 0 Å². The maximum atomic E-state index is 12.5. The lowest BCUT2D eigenvalue weighted by atomic mass is 9.97. The summed E-state index contributed by atoms with van der Waals surface area (Å²) >= 11 is 1.62. The van der Waals surface area contributed by atoms with Crippen molar-refractivity contribution in [1.82, 2.24) is 10.3 Å². The molecule has 0 bridgehead atoms. The van der Waals surface area contributed by atoms with Gasteiger partial charge in [-0.3, -0.25) is 4.79 Å². The maximum Gasteiger partial charge on any atom is 0.252 e. The molecule has 2 aromatic rings. The van der Waals surface area contributed by atoms with Crippen LogP contribution in [0.5, 0.6) is 0 Å². The summed E-state index contributed by atoms with van der Waals surface area (Å²) in [5.41, 5.74) is 7.01. The van der Waals surface area contributed by atoms with Crippen LogP contribution in [-0.2, 0) is 12.1 Å². The van der Waals surface area contributed by atoms with Gasteiger partial charge in [0.2, 0.25) is 0 Å². The smallest absolute Gasteiger partial charge is 0.252 e. The van der Waals surface area contributed by atoms with E-state index in [1.54, 1.807) is 11.3 Å². The molecule has 0 spiro atoms. The number of nitrogens with two attached hydrogens (primary N) is 1. The minimum Gasteiger partial charge on any atom is -0.340 e. The second-order valence-electron chi connectivity index (χ2n) is 5.48. The monoisotopic (exact) mass is 373 g/mol. The summed E-state index contributed by atoms with van der Waals surface area (Å²) in [5, 5.41) is 6.22. The number of aromatic nitrogens is 1. The molecular formula is C16H21Cl2N3OS. The van der Waals surface area contributed by atoms with Crippen molar-refractivity contribution in [3.05, 3.63) is 52.0 Å². The van der Waals surface area contributed by atoms with E-state index in [0.29, 0.717) is 12.1 Å². The lowest BCUT2D eigenvalue weighted by Gasteiger charge is -2.28. The molecule has 1 heterocycles. The fourth-order valence-electron chi connectivity index (χ4n) is 2.91. The number of benzene rings is 1. The average Bonchev–Trinajstić information content (AvgIpc) is 3.19. The van der Waals surface area contributed by atoms with Gasteiger partial charge in [-0.25, -0.2) is 4.98 Å². The first-order valence-electron chi connectivity index (χ1n) is 7.25. The molecule has 1 fully saturated rings. The Kier molecular flexibility index (Phi) is 7.48. The van der Waals surface area contributed by atoms with Crippen LogP contribution in [-0.4, -0.2) is 10.9 Å². The number of thiazole rings is 1. The zero-order chi connectivity index (χ0) is 14.7. The number of rotatable bonds is 4. The molecule has 0 radical (unpaired) electrons. The molecule has 1 aromatic heterocycles. The van der Waals surface area contributed by atoms with Crippen LogP contribution in [0.25, 0.3) is 0 Å². The lowest BCUT2D eigenvalue weighted by molar-refractivity contribution is 0.0898. The summed E-state index contributed by atoms with van der Waals surface area (Å²) < 4.78 is 0. The van der Waals surface area contributed by atoms with Gasteiger partial charge in [-0.05, 0) is 30.5 Å². The lowest BCUT2D eigenvalue weighted by Crippen LogP contribution is -2.43. The molecule has 23 heavy (non-hydrogen) atoms. The highest BCUT2D eigenvalue weighted by Crippen LogP contribution is 2.39. The summed E-state index contributed by atoms with van der Waals surface area (Å²) in [7, 11) is 0. The summed E-state index contributed by atoms with van der Waals surface area (Å²) in [6.07, 6.45) is 6.00. The van der Waals surface area contributed by atoms with E-state index in [0.717, 1.165) is 36.3 Å². The number of amides is 1. The Morgan fingerprint density at radius 2 is 1.87 bits per heavy atom. The van der Waals surface area contributed by atoms with Gasteiger partial charge in [-0.2, -0.15) is 0 Å². The topological polar surface area (TPSA) is 68.0 Å². The largest absolute Gasteiger partial charge is 0.340 e. The van der Waals surface area contributed by atoms with Crippen molar-refractivity contribution in [2.45, 2.75) is 37.8 Å². The molecule has 0 unspecified atom stereocenters. The van der Waals surface area contributed by atoms with Crippen molar-refractivity contribution in [2.75, 3.05) is 0 Å². The average molecular weight is 374 g/mol. The predicted octanol–water partition coefficient (Wildman–Crippen LogP) is 3.64. The summed E-state index contributed by atoms with van der Waals surface area (Å²) in [4.78, 5) is 17.0. The molecule has 7 heteroatoms. The highest BCUT2D eigenvalue weighted by molar-refractivity contribution is 7.09. The molecule has 1 saturated carbocycles. The first-order valence-corrected chi connectivity index (χ1v) is 8.13. The van der Waals surface area contributed by atoms with Crippen LogP contribution in [0, 0.1) is 0 Å². The van der Waals surface area contributed by atoms with E-state index >= 15 is 0 Å². The zero-order valence-electron chi connectivity index (χ0n) is 12.7. The molecule has 3 N–H and O–H groups in total. The highest BCUT2D eigenvalue weighted by Gasteiger charge is 2.39. The number of nitrogens with one attached hydrogen (secondary N) is 1. The van der Waals surface area contributed by atoms with E-state index in [1.165, 1.54) is 0 Å². The van der Waals surface area contributed by atoms with Gasteiger partial charge >= 0.3 is 0 Å². The second kappa shape index (κ2) is 8.64. The number of halogens is 2. The highest BCUT2D eigenvalue weighted by atomic mass is 35.5.